The van der Waals surface area contributed by atoms with Crippen molar-refractivity contribution in [3.63, 3.8) is 0 Å². The van der Waals surface area contributed by atoms with Crippen LogP contribution in [0.1, 0.15) is 28.4 Å². The summed E-state index contributed by atoms with van der Waals surface area (Å²) in [6.07, 6.45) is -6.30. The first kappa shape index (κ1) is 15.8. The van der Waals surface area contributed by atoms with Gasteiger partial charge < -0.3 is 5.11 Å². The standard InChI is InChI=1S/C15H11ClF4O/c1-8-2-3-9(6-13(8)16)14(21)11-7-10(17)4-5-12(11)15(18,19)20/h2-7,14,21H,1H3. The van der Waals surface area contributed by atoms with Crippen LogP contribution in [0.5, 0.6) is 0 Å². The van der Waals surface area contributed by atoms with Crippen LogP contribution in [0.25, 0.3) is 0 Å². The van der Waals surface area contributed by atoms with Gasteiger partial charge in [0.05, 0.1) is 5.56 Å². The van der Waals surface area contributed by atoms with Gasteiger partial charge in [0.15, 0.2) is 0 Å². The average molecular weight is 319 g/mol. The van der Waals surface area contributed by atoms with Crippen molar-refractivity contribution in [3.05, 3.63) is 69.5 Å². The lowest BCUT2D eigenvalue weighted by Gasteiger charge is -2.18. The molecule has 0 saturated carbocycles. The first-order chi connectivity index (χ1) is 9.70. The zero-order valence-electron chi connectivity index (χ0n) is 10.9. The molecule has 0 heterocycles. The number of aliphatic hydroxyl groups excluding tert-OH is 1. The lowest BCUT2D eigenvalue weighted by molar-refractivity contribution is -0.139. The number of hydrogen-bond donors (Lipinski definition) is 1. The molecule has 6 heteroatoms. The molecule has 0 fully saturated rings. The summed E-state index contributed by atoms with van der Waals surface area (Å²) in [5.74, 6) is -0.852. The summed E-state index contributed by atoms with van der Waals surface area (Å²) in [5, 5.41) is 10.5. The Hall–Kier alpha value is -1.59. The summed E-state index contributed by atoms with van der Waals surface area (Å²) in [6.45, 7) is 1.72. The zero-order valence-corrected chi connectivity index (χ0v) is 11.6. The molecule has 0 bridgehead atoms. The van der Waals surface area contributed by atoms with Gasteiger partial charge >= 0.3 is 6.18 Å². The summed E-state index contributed by atoms with van der Waals surface area (Å²) in [7, 11) is 0. The number of halogens is 5. The Morgan fingerprint density at radius 1 is 1.10 bits per heavy atom. The molecule has 0 aromatic heterocycles. The smallest absolute Gasteiger partial charge is 0.384 e. The van der Waals surface area contributed by atoms with Gasteiger partial charge in [0.1, 0.15) is 11.9 Å². The highest BCUT2D eigenvalue weighted by atomic mass is 35.5. The quantitative estimate of drug-likeness (QED) is 0.782. The van der Waals surface area contributed by atoms with E-state index in [1.807, 2.05) is 0 Å². The van der Waals surface area contributed by atoms with Crippen LogP contribution < -0.4 is 0 Å². The summed E-state index contributed by atoms with van der Waals surface area (Å²) in [4.78, 5) is 0. The summed E-state index contributed by atoms with van der Waals surface area (Å²) >= 11 is 5.90. The zero-order chi connectivity index (χ0) is 15.8. The molecule has 2 rings (SSSR count). The fourth-order valence-electron chi connectivity index (χ4n) is 1.98. The molecule has 0 spiro atoms. The Morgan fingerprint density at radius 3 is 2.33 bits per heavy atom. The van der Waals surface area contributed by atoms with Crippen molar-refractivity contribution in [2.45, 2.75) is 19.2 Å². The van der Waals surface area contributed by atoms with E-state index in [0.29, 0.717) is 23.2 Å². The maximum atomic E-state index is 13.3. The fourth-order valence-corrected chi connectivity index (χ4v) is 2.17. The van der Waals surface area contributed by atoms with E-state index in [2.05, 4.69) is 0 Å². The van der Waals surface area contributed by atoms with Crippen molar-refractivity contribution in [2.75, 3.05) is 0 Å². The van der Waals surface area contributed by atoms with Crippen molar-refractivity contribution in [3.8, 4) is 0 Å². The van der Waals surface area contributed by atoms with Gasteiger partial charge in [-0.1, -0.05) is 23.7 Å². The summed E-state index contributed by atoms with van der Waals surface area (Å²) < 4.78 is 52.1. The van der Waals surface area contributed by atoms with Crippen LogP contribution in [-0.2, 0) is 6.18 Å². The number of rotatable bonds is 2. The van der Waals surface area contributed by atoms with Crippen LogP contribution in [0.2, 0.25) is 5.02 Å². The summed E-state index contributed by atoms with van der Waals surface area (Å²) in [6, 6.07) is 6.41. The van der Waals surface area contributed by atoms with Crippen LogP contribution in [-0.4, -0.2) is 5.11 Å². The van der Waals surface area contributed by atoms with E-state index in [1.54, 1.807) is 13.0 Å². The van der Waals surface area contributed by atoms with E-state index in [-0.39, 0.29) is 5.56 Å². The third kappa shape index (κ3) is 3.36. The van der Waals surface area contributed by atoms with Crippen molar-refractivity contribution < 1.29 is 22.7 Å². The first-order valence-electron chi connectivity index (χ1n) is 6.01. The highest BCUT2D eigenvalue weighted by Crippen LogP contribution is 2.37. The predicted molar refractivity (Wildman–Crippen MR) is 71.7 cm³/mol. The molecule has 112 valence electrons. The number of alkyl halides is 3. The first-order valence-corrected chi connectivity index (χ1v) is 6.38. The average Bonchev–Trinajstić information content (AvgIpc) is 2.39. The number of aliphatic hydroxyl groups is 1. The summed E-state index contributed by atoms with van der Waals surface area (Å²) in [5.41, 5.74) is -0.722. The monoisotopic (exact) mass is 318 g/mol. The van der Waals surface area contributed by atoms with Crippen LogP contribution >= 0.6 is 11.6 Å². The molecule has 0 aliphatic heterocycles. The minimum atomic E-state index is -4.68. The second kappa shape index (κ2) is 5.66. The Kier molecular flexibility index (Phi) is 4.25. The van der Waals surface area contributed by atoms with E-state index < -0.39 is 29.2 Å². The largest absolute Gasteiger partial charge is 0.416 e. The molecule has 2 aromatic carbocycles. The van der Waals surface area contributed by atoms with Gasteiger partial charge in [0.25, 0.3) is 0 Å². The van der Waals surface area contributed by atoms with Crippen LogP contribution in [0.4, 0.5) is 17.6 Å². The normalized spacial score (nSPS) is 13.3. The number of benzene rings is 2. The highest BCUT2D eigenvalue weighted by molar-refractivity contribution is 6.31. The second-order valence-electron chi connectivity index (χ2n) is 4.64. The van der Waals surface area contributed by atoms with Crippen molar-refractivity contribution >= 4 is 11.6 Å². The van der Waals surface area contributed by atoms with Gasteiger partial charge in [-0.2, -0.15) is 13.2 Å². The molecular weight excluding hydrogens is 308 g/mol. The maximum Gasteiger partial charge on any atom is 0.416 e. The molecule has 0 amide bonds. The van der Waals surface area contributed by atoms with Crippen LogP contribution in [0.3, 0.4) is 0 Å². The third-order valence-electron chi connectivity index (χ3n) is 3.13. The molecular formula is C15H11ClF4O. The predicted octanol–water partition coefficient (Wildman–Crippen LogP) is 4.89. The molecule has 0 saturated heterocycles. The van der Waals surface area contributed by atoms with E-state index in [1.165, 1.54) is 12.1 Å². The molecule has 1 atom stereocenters. The Bertz CT molecular complexity index is 667. The highest BCUT2D eigenvalue weighted by Gasteiger charge is 2.35. The molecule has 21 heavy (non-hydrogen) atoms. The topological polar surface area (TPSA) is 20.2 Å². The van der Waals surface area contributed by atoms with E-state index in [4.69, 9.17) is 11.6 Å². The van der Waals surface area contributed by atoms with Gasteiger partial charge in [-0.25, -0.2) is 4.39 Å². The van der Waals surface area contributed by atoms with Crippen LogP contribution in [0, 0.1) is 12.7 Å². The number of aryl methyl sites for hydroxylation is 1. The lowest BCUT2D eigenvalue weighted by Crippen LogP contribution is -2.13. The molecule has 0 aliphatic rings. The Labute approximate surface area is 123 Å². The van der Waals surface area contributed by atoms with E-state index in [0.717, 1.165) is 5.56 Å². The van der Waals surface area contributed by atoms with Gasteiger partial charge in [0.2, 0.25) is 0 Å². The Balaban J connectivity index is 2.54. The molecule has 1 N–H and O–H groups in total. The van der Waals surface area contributed by atoms with Crippen molar-refractivity contribution in [1.82, 2.24) is 0 Å². The van der Waals surface area contributed by atoms with Gasteiger partial charge in [-0.15, -0.1) is 0 Å². The van der Waals surface area contributed by atoms with Gasteiger partial charge in [0, 0.05) is 10.6 Å². The SMILES string of the molecule is Cc1ccc(C(O)c2cc(F)ccc2C(F)(F)F)cc1Cl. The van der Waals surface area contributed by atoms with Crippen molar-refractivity contribution in [1.29, 1.82) is 0 Å². The van der Waals surface area contributed by atoms with Gasteiger partial charge in [-0.05, 0) is 42.3 Å². The minimum Gasteiger partial charge on any atom is -0.384 e. The van der Waals surface area contributed by atoms with E-state index in [9.17, 15) is 22.7 Å². The second-order valence-corrected chi connectivity index (χ2v) is 5.05. The maximum absolute atomic E-state index is 13.3. The van der Waals surface area contributed by atoms with Crippen LogP contribution in [0.15, 0.2) is 36.4 Å². The lowest BCUT2D eigenvalue weighted by atomic mass is 9.95. The molecule has 1 unspecified atom stereocenters. The van der Waals surface area contributed by atoms with E-state index >= 15 is 0 Å². The molecule has 2 aromatic rings. The van der Waals surface area contributed by atoms with Crippen molar-refractivity contribution in [2.24, 2.45) is 0 Å². The Morgan fingerprint density at radius 2 is 1.76 bits per heavy atom. The molecule has 0 aliphatic carbocycles. The molecule has 0 radical (unpaired) electrons. The molecule has 1 nitrogen and oxygen atoms in total. The minimum absolute atomic E-state index is 0.168. The third-order valence-corrected chi connectivity index (χ3v) is 3.53. The fraction of sp³-hybridized carbons (Fsp3) is 0.200. The van der Waals surface area contributed by atoms with Gasteiger partial charge in [-0.3, -0.25) is 0 Å². The number of hydrogen-bond acceptors (Lipinski definition) is 1.